The lowest BCUT2D eigenvalue weighted by Gasteiger charge is -2.23. The molecule has 0 radical (unpaired) electrons. The molecule has 0 spiro atoms. The lowest BCUT2D eigenvalue weighted by molar-refractivity contribution is -0.120. The van der Waals surface area contributed by atoms with Crippen LogP contribution < -0.4 is 10.2 Å². The number of carbonyl (C=O) groups is 3. The summed E-state index contributed by atoms with van der Waals surface area (Å²) in [6, 6.07) is 11.2. The van der Waals surface area contributed by atoms with Gasteiger partial charge in [0.1, 0.15) is 0 Å². The van der Waals surface area contributed by atoms with Crippen molar-refractivity contribution >= 4 is 39.0 Å². The Morgan fingerprint density at radius 1 is 1.09 bits per heavy atom. The second-order valence-corrected chi connectivity index (χ2v) is 10.8. The Bertz CT molecular complexity index is 1220. The number of likely N-dealkylation sites (N-methyl/N-ethyl adjacent to an activating group) is 1. The van der Waals surface area contributed by atoms with Crippen LogP contribution in [0.4, 0.5) is 11.4 Å². The van der Waals surface area contributed by atoms with Crippen LogP contribution in [0.2, 0.25) is 0 Å². The summed E-state index contributed by atoms with van der Waals surface area (Å²) in [5.41, 5.74) is 2.59. The first kappa shape index (κ1) is 23.1. The van der Waals surface area contributed by atoms with Gasteiger partial charge in [0, 0.05) is 35.9 Å². The molecule has 1 fully saturated rings. The predicted octanol–water partition coefficient (Wildman–Crippen LogP) is 2.84. The lowest BCUT2D eigenvalue weighted by atomic mass is 10.1. The predicted molar refractivity (Wildman–Crippen MR) is 125 cm³/mol. The maximum Gasteiger partial charge on any atom is 0.243 e. The number of hydrogen-bond donors (Lipinski definition) is 1. The number of anilines is 2. The van der Waals surface area contributed by atoms with Gasteiger partial charge in [0.05, 0.1) is 11.4 Å². The molecule has 2 aromatic carbocycles. The first-order chi connectivity index (χ1) is 15.6. The van der Waals surface area contributed by atoms with E-state index in [4.69, 9.17) is 0 Å². The highest BCUT2D eigenvalue weighted by Gasteiger charge is 2.40. The summed E-state index contributed by atoms with van der Waals surface area (Å²) in [7, 11) is -2.55. The van der Waals surface area contributed by atoms with E-state index < -0.39 is 15.9 Å². The molecule has 2 aliphatic rings. The standard InChI is InChI=1S/C24H27N3O5S/c1-15-12-19-13-21(10-11-22(19)27(15)24(30)18-4-5-18)33(31,32)26(3)14-23(29)25-20-8-6-17(7-9-20)16(2)28/h6-11,13,15,18H,4-5,12,14H2,1-3H3,(H,25,29)/t15-/m1/s1. The van der Waals surface area contributed by atoms with E-state index in [0.29, 0.717) is 17.7 Å². The second-order valence-electron chi connectivity index (χ2n) is 8.77. The zero-order chi connectivity index (χ0) is 23.9. The zero-order valence-electron chi connectivity index (χ0n) is 18.9. The highest BCUT2D eigenvalue weighted by Crippen LogP contribution is 2.39. The average Bonchev–Trinajstić information content (AvgIpc) is 3.55. The highest BCUT2D eigenvalue weighted by atomic mass is 32.2. The molecule has 0 saturated heterocycles. The number of amides is 2. The fraction of sp³-hybridized carbons (Fsp3) is 0.375. The fourth-order valence-electron chi connectivity index (χ4n) is 4.09. The molecule has 174 valence electrons. The largest absolute Gasteiger partial charge is 0.325 e. The summed E-state index contributed by atoms with van der Waals surface area (Å²) in [6.07, 6.45) is 2.42. The van der Waals surface area contributed by atoms with Crippen LogP contribution in [0.15, 0.2) is 47.4 Å². The van der Waals surface area contributed by atoms with Gasteiger partial charge < -0.3 is 10.2 Å². The summed E-state index contributed by atoms with van der Waals surface area (Å²) in [6.45, 7) is 3.06. The van der Waals surface area contributed by atoms with Gasteiger partial charge >= 0.3 is 0 Å². The third kappa shape index (κ3) is 4.69. The molecule has 1 saturated carbocycles. The van der Waals surface area contributed by atoms with Crippen molar-refractivity contribution in [2.24, 2.45) is 5.92 Å². The van der Waals surface area contributed by atoms with E-state index in [-0.39, 0.29) is 35.1 Å². The monoisotopic (exact) mass is 469 g/mol. The maximum atomic E-state index is 13.1. The number of benzene rings is 2. The third-order valence-electron chi connectivity index (χ3n) is 6.08. The molecular formula is C24H27N3O5S. The molecule has 0 bridgehead atoms. The van der Waals surface area contributed by atoms with E-state index in [1.165, 1.54) is 20.0 Å². The van der Waals surface area contributed by atoms with E-state index in [1.54, 1.807) is 41.3 Å². The van der Waals surface area contributed by atoms with Gasteiger partial charge in [0.15, 0.2) is 5.78 Å². The Hall–Kier alpha value is -3.04. The van der Waals surface area contributed by atoms with Gasteiger partial charge in [-0.25, -0.2) is 8.42 Å². The van der Waals surface area contributed by atoms with Crippen LogP contribution in [0, 0.1) is 5.92 Å². The first-order valence-corrected chi connectivity index (χ1v) is 12.3. The first-order valence-electron chi connectivity index (χ1n) is 10.9. The van der Waals surface area contributed by atoms with Gasteiger partial charge in [-0.1, -0.05) is 0 Å². The Balaban J connectivity index is 1.45. The van der Waals surface area contributed by atoms with E-state index in [9.17, 15) is 22.8 Å². The Morgan fingerprint density at radius 2 is 1.76 bits per heavy atom. The molecule has 1 atom stereocenters. The molecule has 9 heteroatoms. The van der Waals surface area contributed by atoms with E-state index in [2.05, 4.69) is 5.32 Å². The molecular weight excluding hydrogens is 442 g/mol. The molecule has 33 heavy (non-hydrogen) atoms. The van der Waals surface area contributed by atoms with Crippen molar-refractivity contribution in [3.05, 3.63) is 53.6 Å². The van der Waals surface area contributed by atoms with Crippen molar-refractivity contribution in [2.75, 3.05) is 23.8 Å². The minimum absolute atomic E-state index is 0.0102. The summed E-state index contributed by atoms with van der Waals surface area (Å²) >= 11 is 0. The fourth-order valence-corrected chi connectivity index (χ4v) is 5.26. The zero-order valence-corrected chi connectivity index (χ0v) is 19.7. The summed E-state index contributed by atoms with van der Waals surface area (Å²) < 4.78 is 27.2. The molecule has 4 rings (SSSR count). The third-order valence-corrected chi connectivity index (χ3v) is 7.88. The number of sulfonamides is 1. The van der Waals surface area contributed by atoms with Crippen LogP contribution in [0.5, 0.6) is 0 Å². The molecule has 1 heterocycles. The van der Waals surface area contributed by atoms with Crippen molar-refractivity contribution in [3.8, 4) is 0 Å². The molecule has 2 amide bonds. The van der Waals surface area contributed by atoms with Crippen molar-refractivity contribution in [2.45, 2.75) is 44.0 Å². The Labute approximate surface area is 193 Å². The molecule has 1 aliphatic heterocycles. The van der Waals surface area contributed by atoms with Crippen molar-refractivity contribution in [1.82, 2.24) is 4.31 Å². The lowest BCUT2D eigenvalue weighted by Crippen LogP contribution is -2.36. The number of nitrogens with one attached hydrogen (secondary N) is 1. The minimum Gasteiger partial charge on any atom is -0.325 e. The number of hydrogen-bond acceptors (Lipinski definition) is 5. The molecule has 1 N–H and O–H groups in total. The summed E-state index contributed by atoms with van der Waals surface area (Å²) in [4.78, 5) is 38.3. The number of rotatable bonds is 7. The van der Waals surface area contributed by atoms with Gasteiger partial charge in [-0.3, -0.25) is 14.4 Å². The van der Waals surface area contributed by atoms with Crippen molar-refractivity contribution < 1.29 is 22.8 Å². The van der Waals surface area contributed by atoms with Gasteiger partial charge in [0.25, 0.3) is 0 Å². The van der Waals surface area contributed by atoms with Gasteiger partial charge in [0.2, 0.25) is 21.8 Å². The minimum atomic E-state index is -3.90. The second kappa shape index (κ2) is 8.72. The number of fused-ring (bicyclic) bond motifs is 1. The number of carbonyl (C=O) groups excluding carboxylic acids is 3. The number of Topliss-reactive ketones (excluding diaryl/α,β-unsaturated/α-hetero) is 1. The number of nitrogens with zero attached hydrogens (tertiary/aromatic N) is 2. The van der Waals surface area contributed by atoms with Crippen LogP contribution in [-0.2, 0) is 26.0 Å². The van der Waals surface area contributed by atoms with E-state index >= 15 is 0 Å². The average molecular weight is 470 g/mol. The molecule has 0 aromatic heterocycles. The smallest absolute Gasteiger partial charge is 0.243 e. The van der Waals surface area contributed by atoms with E-state index in [0.717, 1.165) is 28.4 Å². The van der Waals surface area contributed by atoms with Crippen LogP contribution in [0.1, 0.15) is 42.6 Å². The van der Waals surface area contributed by atoms with Crippen LogP contribution >= 0.6 is 0 Å². The van der Waals surface area contributed by atoms with Crippen LogP contribution in [0.3, 0.4) is 0 Å². The van der Waals surface area contributed by atoms with Crippen molar-refractivity contribution in [3.63, 3.8) is 0 Å². The Morgan fingerprint density at radius 3 is 2.36 bits per heavy atom. The van der Waals surface area contributed by atoms with Gasteiger partial charge in [-0.15, -0.1) is 0 Å². The van der Waals surface area contributed by atoms with Crippen LogP contribution in [0.25, 0.3) is 0 Å². The number of ketones is 1. The molecule has 0 unspecified atom stereocenters. The Kier molecular flexibility index (Phi) is 6.11. The maximum absolute atomic E-state index is 13.1. The normalized spacial score (nSPS) is 17.7. The van der Waals surface area contributed by atoms with Crippen LogP contribution in [-0.4, -0.2) is 50.0 Å². The SMILES string of the molecule is CC(=O)c1ccc(NC(=O)CN(C)S(=O)(=O)c2ccc3c(c2)C[C@@H](C)N3C(=O)C2CC2)cc1. The summed E-state index contributed by atoms with van der Waals surface area (Å²) in [5, 5.41) is 2.64. The molecule has 1 aliphatic carbocycles. The topological polar surface area (TPSA) is 104 Å². The summed E-state index contributed by atoms with van der Waals surface area (Å²) in [5.74, 6) is -0.373. The quantitative estimate of drug-likeness (QED) is 0.628. The van der Waals surface area contributed by atoms with Crippen molar-refractivity contribution in [1.29, 1.82) is 0 Å². The molecule has 2 aromatic rings. The highest BCUT2D eigenvalue weighted by molar-refractivity contribution is 7.89. The van der Waals surface area contributed by atoms with E-state index in [1.807, 2.05) is 6.92 Å². The molecule has 8 nitrogen and oxygen atoms in total. The van der Waals surface area contributed by atoms with Gasteiger partial charge in [-0.05, 0) is 81.1 Å². The van der Waals surface area contributed by atoms with Gasteiger partial charge in [-0.2, -0.15) is 4.31 Å².